The number of carbonyl (C=O) groups is 1. The fourth-order valence-corrected chi connectivity index (χ4v) is 3.18. The van der Waals surface area contributed by atoms with Crippen molar-refractivity contribution in [2.24, 2.45) is 0 Å². The number of aryl methyl sites for hydroxylation is 1. The number of ether oxygens (including phenoxy) is 1. The Morgan fingerprint density at radius 3 is 2.93 bits per heavy atom. The zero-order valence-electron chi connectivity index (χ0n) is 16.8. The van der Waals surface area contributed by atoms with E-state index < -0.39 is 0 Å². The minimum atomic E-state index is -0.189. The molecule has 0 radical (unpaired) electrons. The Hall–Kier alpha value is -3.75. The predicted octanol–water partition coefficient (Wildman–Crippen LogP) is 2.99. The van der Waals surface area contributed by atoms with Crippen molar-refractivity contribution in [1.82, 2.24) is 29.8 Å². The van der Waals surface area contributed by atoms with Crippen molar-refractivity contribution in [2.75, 3.05) is 7.11 Å². The fourth-order valence-electron chi connectivity index (χ4n) is 3.18. The number of nitrogens with zero attached hydrogens (tertiary/aromatic N) is 5. The van der Waals surface area contributed by atoms with Gasteiger partial charge in [0, 0.05) is 31.4 Å². The number of hydrogen-bond donors (Lipinski definition) is 1. The smallest absolute Gasteiger partial charge is 0.233 e. The molecule has 3 aromatic heterocycles. The highest BCUT2D eigenvalue weighted by Gasteiger charge is 2.18. The van der Waals surface area contributed by atoms with Crippen LogP contribution >= 0.6 is 0 Å². The van der Waals surface area contributed by atoms with Gasteiger partial charge in [-0.1, -0.05) is 24.2 Å². The van der Waals surface area contributed by atoms with Gasteiger partial charge in [-0.05, 0) is 24.6 Å². The molecule has 9 heteroatoms. The fraction of sp³-hybridized carbons (Fsp3) is 0.286. The largest absolute Gasteiger partial charge is 0.496 e. The SMILES string of the molecule is CC[C@@H](NC(=O)CCc1nc(-c2ccccc2OC)no1)c1cn2cccnc2n1. The molecule has 0 aliphatic carbocycles. The number of amides is 1. The molecule has 154 valence electrons. The third-order valence-corrected chi connectivity index (χ3v) is 4.74. The molecular formula is C21H22N6O3. The zero-order valence-corrected chi connectivity index (χ0v) is 16.8. The number of nitrogens with one attached hydrogen (secondary N) is 1. The van der Waals surface area contributed by atoms with E-state index in [0.29, 0.717) is 36.1 Å². The van der Waals surface area contributed by atoms with Gasteiger partial charge in [0.15, 0.2) is 0 Å². The first-order valence-electron chi connectivity index (χ1n) is 9.73. The predicted molar refractivity (Wildman–Crippen MR) is 109 cm³/mol. The van der Waals surface area contributed by atoms with Gasteiger partial charge in [-0.25, -0.2) is 9.97 Å². The molecule has 0 aliphatic heterocycles. The van der Waals surface area contributed by atoms with Gasteiger partial charge in [0.25, 0.3) is 0 Å². The quantitative estimate of drug-likeness (QED) is 0.479. The van der Waals surface area contributed by atoms with Crippen LogP contribution in [-0.4, -0.2) is 37.5 Å². The van der Waals surface area contributed by atoms with Gasteiger partial charge in [0.1, 0.15) is 5.75 Å². The van der Waals surface area contributed by atoms with E-state index in [4.69, 9.17) is 9.26 Å². The summed E-state index contributed by atoms with van der Waals surface area (Å²) in [5.74, 6) is 2.00. The summed E-state index contributed by atoms with van der Waals surface area (Å²) in [7, 11) is 1.59. The first-order valence-corrected chi connectivity index (χ1v) is 9.73. The highest BCUT2D eigenvalue weighted by Crippen LogP contribution is 2.27. The number of benzene rings is 1. The van der Waals surface area contributed by atoms with Crippen LogP contribution in [0.5, 0.6) is 5.75 Å². The van der Waals surface area contributed by atoms with Crippen molar-refractivity contribution < 1.29 is 14.1 Å². The maximum absolute atomic E-state index is 12.5. The lowest BCUT2D eigenvalue weighted by Gasteiger charge is -2.14. The number of aromatic nitrogens is 5. The van der Waals surface area contributed by atoms with Gasteiger partial charge < -0.3 is 14.6 Å². The molecule has 0 bridgehead atoms. The maximum Gasteiger partial charge on any atom is 0.233 e. The van der Waals surface area contributed by atoms with E-state index in [1.807, 2.05) is 54.0 Å². The maximum atomic E-state index is 12.5. The van der Waals surface area contributed by atoms with Gasteiger partial charge in [0.05, 0.1) is 24.4 Å². The molecular weight excluding hydrogens is 384 g/mol. The van der Waals surface area contributed by atoms with Crippen LogP contribution in [0.4, 0.5) is 0 Å². The van der Waals surface area contributed by atoms with Gasteiger partial charge in [0.2, 0.25) is 23.4 Å². The van der Waals surface area contributed by atoms with Crippen molar-refractivity contribution in [3.8, 4) is 17.1 Å². The molecule has 1 aromatic carbocycles. The molecule has 4 rings (SSSR count). The van der Waals surface area contributed by atoms with Crippen molar-refractivity contribution in [3.05, 3.63) is 60.5 Å². The molecule has 0 aliphatic rings. The van der Waals surface area contributed by atoms with Gasteiger partial charge in [-0.2, -0.15) is 4.98 Å². The third-order valence-electron chi connectivity index (χ3n) is 4.74. The van der Waals surface area contributed by atoms with E-state index in [-0.39, 0.29) is 18.4 Å². The van der Waals surface area contributed by atoms with E-state index in [1.54, 1.807) is 13.3 Å². The average Bonchev–Trinajstić information content (AvgIpc) is 3.43. The van der Waals surface area contributed by atoms with Crippen LogP contribution < -0.4 is 10.1 Å². The molecule has 0 unspecified atom stereocenters. The second-order valence-electron chi connectivity index (χ2n) is 6.73. The van der Waals surface area contributed by atoms with Gasteiger partial charge >= 0.3 is 0 Å². The second-order valence-corrected chi connectivity index (χ2v) is 6.73. The molecule has 0 saturated carbocycles. The molecule has 1 N–H and O–H groups in total. The van der Waals surface area contributed by atoms with Gasteiger partial charge in [-0.3, -0.25) is 9.20 Å². The summed E-state index contributed by atoms with van der Waals surface area (Å²) in [5, 5.41) is 7.02. The summed E-state index contributed by atoms with van der Waals surface area (Å²) < 4.78 is 12.5. The summed E-state index contributed by atoms with van der Waals surface area (Å²) in [5.41, 5.74) is 1.52. The molecule has 9 nitrogen and oxygen atoms in total. The van der Waals surface area contributed by atoms with E-state index in [1.165, 1.54) is 0 Å². The Labute approximate surface area is 173 Å². The summed E-state index contributed by atoms with van der Waals surface area (Å²) in [4.78, 5) is 25.6. The van der Waals surface area contributed by atoms with E-state index in [2.05, 4.69) is 25.4 Å². The average molecular weight is 406 g/mol. The molecule has 3 heterocycles. The summed E-state index contributed by atoms with van der Waals surface area (Å²) in [6.45, 7) is 2.00. The van der Waals surface area contributed by atoms with Crippen LogP contribution in [0.3, 0.4) is 0 Å². The lowest BCUT2D eigenvalue weighted by atomic mass is 10.1. The third kappa shape index (κ3) is 4.14. The zero-order chi connectivity index (χ0) is 20.9. The first-order chi connectivity index (χ1) is 14.7. The Balaban J connectivity index is 1.38. The topological polar surface area (TPSA) is 107 Å². The number of rotatable bonds is 8. The number of imidazole rings is 1. The highest BCUT2D eigenvalue weighted by atomic mass is 16.5. The van der Waals surface area contributed by atoms with Crippen molar-refractivity contribution in [1.29, 1.82) is 0 Å². The van der Waals surface area contributed by atoms with Crippen LogP contribution in [0.25, 0.3) is 17.2 Å². The van der Waals surface area contributed by atoms with E-state index in [0.717, 1.165) is 11.3 Å². The number of para-hydroxylation sites is 1. The highest BCUT2D eigenvalue weighted by molar-refractivity contribution is 5.76. The van der Waals surface area contributed by atoms with E-state index >= 15 is 0 Å². The van der Waals surface area contributed by atoms with Crippen LogP contribution in [0.1, 0.15) is 37.4 Å². The number of carbonyl (C=O) groups excluding carboxylic acids is 1. The van der Waals surface area contributed by atoms with Gasteiger partial charge in [-0.15, -0.1) is 0 Å². The molecule has 1 amide bonds. The Morgan fingerprint density at radius 1 is 1.27 bits per heavy atom. The lowest BCUT2D eigenvalue weighted by Crippen LogP contribution is -2.28. The molecule has 4 aromatic rings. The number of methoxy groups -OCH3 is 1. The summed E-state index contributed by atoms with van der Waals surface area (Å²) >= 11 is 0. The monoisotopic (exact) mass is 406 g/mol. The lowest BCUT2D eigenvalue weighted by molar-refractivity contribution is -0.122. The Morgan fingerprint density at radius 2 is 2.13 bits per heavy atom. The Kier molecular flexibility index (Phi) is 5.69. The number of fused-ring (bicyclic) bond motifs is 1. The van der Waals surface area contributed by atoms with Crippen LogP contribution in [0, 0.1) is 0 Å². The van der Waals surface area contributed by atoms with Crippen molar-refractivity contribution in [3.63, 3.8) is 0 Å². The Bertz CT molecular complexity index is 1120. The second kappa shape index (κ2) is 8.73. The van der Waals surface area contributed by atoms with Crippen molar-refractivity contribution >= 4 is 11.7 Å². The van der Waals surface area contributed by atoms with Crippen LogP contribution in [0.2, 0.25) is 0 Å². The molecule has 1 atom stereocenters. The standard InChI is InChI=1S/C21H22N6O3/c1-3-15(16-13-27-12-6-11-22-21(27)24-16)23-18(28)9-10-19-25-20(26-30-19)14-7-4-5-8-17(14)29-2/h4-8,11-13,15H,3,9-10H2,1-2H3,(H,23,28)/t15-/m1/s1. The molecule has 0 fully saturated rings. The number of hydrogen-bond acceptors (Lipinski definition) is 7. The summed E-state index contributed by atoms with van der Waals surface area (Å²) in [6, 6.07) is 9.08. The van der Waals surface area contributed by atoms with E-state index in [9.17, 15) is 4.79 Å². The van der Waals surface area contributed by atoms with Crippen molar-refractivity contribution in [2.45, 2.75) is 32.2 Å². The minimum absolute atomic E-state index is 0.107. The normalized spacial score (nSPS) is 12.1. The molecule has 30 heavy (non-hydrogen) atoms. The first kappa shape index (κ1) is 19.6. The van der Waals surface area contributed by atoms with Crippen LogP contribution in [0.15, 0.2) is 53.4 Å². The minimum Gasteiger partial charge on any atom is -0.496 e. The summed E-state index contributed by atoms with van der Waals surface area (Å²) in [6.07, 6.45) is 6.74. The van der Waals surface area contributed by atoms with Crippen LogP contribution in [-0.2, 0) is 11.2 Å². The molecule has 0 saturated heterocycles. The molecule has 0 spiro atoms.